The van der Waals surface area contributed by atoms with E-state index in [9.17, 15) is 4.79 Å². The zero-order valence-corrected chi connectivity index (χ0v) is 7.51. The van der Waals surface area contributed by atoms with E-state index in [0.717, 1.165) is 12.8 Å². The van der Waals surface area contributed by atoms with Crippen molar-refractivity contribution in [1.82, 2.24) is 0 Å². The number of allylic oxidation sites excluding steroid dienone is 3. The molecule has 0 bridgehead atoms. The molecule has 1 aliphatic carbocycles. The average molecular weight is 164 g/mol. The van der Waals surface area contributed by atoms with Crippen LogP contribution in [0.2, 0.25) is 0 Å². The largest absolute Gasteiger partial charge is 0.295 e. The zero-order chi connectivity index (χ0) is 8.81. The van der Waals surface area contributed by atoms with E-state index >= 15 is 0 Å². The first kappa shape index (κ1) is 9.24. The predicted octanol–water partition coefficient (Wildman–Crippen LogP) is 3.02. The minimum atomic E-state index is 0.210. The van der Waals surface area contributed by atoms with Gasteiger partial charge in [0.2, 0.25) is 0 Å². The third-order valence-electron chi connectivity index (χ3n) is 2.21. The molecular formula is C11H16O. The maximum Gasteiger partial charge on any atom is 0.159 e. The molecule has 0 saturated heterocycles. The molecule has 0 spiro atoms. The maximum atomic E-state index is 11.2. The van der Waals surface area contributed by atoms with E-state index < -0.39 is 0 Å². The van der Waals surface area contributed by atoms with Crippen molar-refractivity contribution in [1.29, 1.82) is 0 Å². The van der Waals surface area contributed by atoms with Crippen molar-refractivity contribution in [2.75, 3.05) is 0 Å². The molecular weight excluding hydrogens is 148 g/mol. The number of ketones is 1. The molecule has 0 radical (unpaired) electrons. The summed E-state index contributed by atoms with van der Waals surface area (Å²) >= 11 is 0. The van der Waals surface area contributed by atoms with E-state index in [1.165, 1.54) is 24.8 Å². The fourth-order valence-corrected chi connectivity index (χ4v) is 1.58. The first-order valence-electron chi connectivity index (χ1n) is 4.66. The first-order chi connectivity index (χ1) is 5.83. The molecule has 0 aliphatic heterocycles. The van der Waals surface area contributed by atoms with Gasteiger partial charge in [0.15, 0.2) is 5.78 Å². The molecule has 1 nitrogen and oxygen atoms in total. The second kappa shape index (κ2) is 4.91. The molecule has 1 heteroatoms. The van der Waals surface area contributed by atoms with E-state index in [2.05, 4.69) is 6.58 Å². The Bertz CT molecular complexity index is 193. The lowest BCUT2D eigenvalue weighted by atomic mass is 9.94. The Labute approximate surface area is 74.2 Å². The molecule has 0 aromatic heterocycles. The summed E-state index contributed by atoms with van der Waals surface area (Å²) in [4.78, 5) is 11.2. The molecule has 0 amide bonds. The van der Waals surface area contributed by atoms with Crippen molar-refractivity contribution in [2.24, 2.45) is 0 Å². The molecule has 1 aliphatic rings. The lowest BCUT2D eigenvalue weighted by Crippen LogP contribution is -1.98. The number of carbonyl (C=O) groups excluding carboxylic acids is 1. The van der Waals surface area contributed by atoms with Gasteiger partial charge in [-0.2, -0.15) is 0 Å². The van der Waals surface area contributed by atoms with E-state index in [1.807, 2.05) is 6.08 Å². The Morgan fingerprint density at radius 3 is 2.58 bits per heavy atom. The third-order valence-corrected chi connectivity index (χ3v) is 2.21. The smallest absolute Gasteiger partial charge is 0.159 e. The SMILES string of the molecule is C=CCC(=O)C=C1CCCCC1. The summed E-state index contributed by atoms with van der Waals surface area (Å²) in [6.45, 7) is 3.54. The summed E-state index contributed by atoms with van der Waals surface area (Å²) in [5.74, 6) is 0.210. The molecule has 0 heterocycles. The van der Waals surface area contributed by atoms with Crippen molar-refractivity contribution in [3.05, 3.63) is 24.3 Å². The summed E-state index contributed by atoms with van der Waals surface area (Å²) in [6.07, 6.45) is 10.1. The van der Waals surface area contributed by atoms with Gasteiger partial charge in [-0.25, -0.2) is 0 Å². The van der Waals surface area contributed by atoms with Crippen molar-refractivity contribution in [2.45, 2.75) is 38.5 Å². The Kier molecular flexibility index (Phi) is 3.78. The van der Waals surface area contributed by atoms with Gasteiger partial charge in [0.05, 0.1) is 0 Å². The Balaban J connectivity index is 2.42. The molecule has 0 aromatic rings. The number of rotatable bonds is 3. The molecule has 0 aromatic carbocycles. The quantitative estimate of drug-likeness (QED) is 0.463. The van der Waals surface area contributed by atoms with Gasteiger partial charge in [-0.05, 0) is 31.8 Å². The third kappa shape index (κ3) is 3.04. The predicted molar refractivity (Wildman–Crippen MR) is 51.0 cm³/mol. The van der Waals surface area contributed by atoms with Gasteiger partial charge in [-0.3, -0.25) is 4.79 Å². The molecule has 12 heavy (non-hydrogen) atoms. The monoisotopic (exact) mass is 164 g/mol. The molecule has 1 rings (SSSR count). The van der Waals surface area contributed by atoms with Gasteiger partial charge in [-0.15, -0.1) is 6.58 Å². The van der Waals surface area contributed by atoms with Crippen LogP contribution in [0.4, 0.5) is 0 Å². The van der Waals surface area contributed by atoms with Crippen LogP contribution in [0, 0.1) is 0 Å². The second-order valence-corrected chi connectivity index (χ2v) is 3.32. The van der Waals surface area contributed by atoms with E-state index in [0.29, 0.717) is 6.42 Å². The molecule has 1 saturated carbocycles. The number of hydrogen-bond acceptors (Lipinski definition) is 1. The van der Waals surface area contributed by atoms with Crippen LogP contribution >= 0.6 is 0 Å². The molecule has 0 unspecified atom stereocenters. The van der Waals surface area contributed by atoms with E-state index in [-0.39, 0.29) is 5.78 Å². The average Bonchev–Trinajstić information content (AvgIpc) is 2.06. The fourth-order valence-electron chi connectivity index (χ4n) is 1.58. The number of hydrogen-bond donors (Lipinski definition) is 0. The van der Waals surface area contributed by atoms with Crippen molar-refractivity contribution >= 4 is 5.78 Å². The summed E-state index contributed by atoms with van der Waals surface area (Å²) in [6, 6.07) is 0. The Morgan fingerprint density at radius 2 is 2.00 bits per heavy atom. The van der Waals surface area contributed by atoms with Crippen LogP contribution in [0.25, 0.3) is 0 Å². The zero-order valence-electron chi connectivity index (χ0n) is 7.51. The van der Waals surface area contributed by atoms with Gasteiger partial charge in [0, 0.05) is 6.42 Å². The lowest BCUT2D eigenvalue weighted by molar-refractivity contribution is -0.113. The van der Waals surface area contributed by atoms with Crippen LogP contribution in [0.15, 0.2) is 24.3 Å². The molecule has 66 valence electrons. The van der Waals surface area contributed by atoms with Crippen LogP contribution < -0.4 is 0 Å². The van der Waals surface area contributed by atoms with Crippen molar-refractivity contribution < 1.29 is 4.79 Å². The Morgan fingerprint density at radius 1 is 1.33 bits per heavy atom. The van der Waals surface area contributed by atoms with Crippen molar-refractivity contribution in [3.63, 3.8) is 0 Å². The van der Waals surface area contributed by atoms with Gasteiger partial charge in [-0.1, -0.05) is 18.1 Å². The van der Waals surface area contributed by atoms with Gasteiger partial charge in [0.25, 0.3) is 0 Å². The Hall–Kier alpha value is -0.850. The van der Waals surface area contributed by atoms with E-state index in [4.69, 9.17) is 0 Å². The summed E-state index contributed by atoms with van der Waals surface area (Å²) in [5, 5.41) is 0. The van der Waals surface area contributed by atoms with Crippen LogP contribution in [0.1, 0.15) is 38.5 Å². The molecule has 1 fully saturated rings. The lowest BCUT2D eigenvalue weighted by Gasteiger charge is -2.12. The van der Waals surface area contributed by atoms with Gasteiger partial charge >= 0.3 is 0 Å². The number of carbonyl (C=O) groups is 1. The van der Waals surface area contributed by atoms with Gasteiger partial charge < -0.3 is 0 Å². The van der Waals surface area contributed by atoms with E-state index in [1.54, 1.807) is 6.08 Å². The maximum absolute atomic E-state index is 11.2. The fraction of sp³-hybridized carbons (Fsp3) is 0.545. The normalized spacial score (nSPS) is 17.2. The minimum Gasteiger partial charge on any atom is -0.295 e. The molecule has 0 N–H and O–H groups in total. The highest BCUT2D eigenvalue weighted by molar-refractivity contribution is 5.91. The second-order valence-electron chi connectivity index (χ2n) is 3.32. The summed E-state index contributed by atoms with van der Waals surface area (Å²) in [7, 11) is 0. The minimum absolute atomic E-state index is 0.210. The first-order valence-corrected chi connectivity index (χ1v) is 4.66. The van der Waals surface area contributed by atoms with Gasteiger partial charge in [0.1, 0.15) is 0 Å². The highest BCUT2D eigenvalue weighted by atomic mass is 16.1. The summed E-state index contributed by atoms with van der Waals surface area (Å²) < 4.78 is 0. The molecule has 0 atom stereocenters. The topological polar surface area (TPSA) is 17.1 Å². The van der Waals surface area contributed by atoms with Crippen LogP contribution in [0.5, 0.6) is 0 Å². The summed E-state index contributed by atoms with van der Waals surface area (Å²) in [5.41, 5.74) is 1.34. The van der Waals surface area contributed by atoms with Crippen LogP contribution in [0.3, 0.4) is 0 Å². The van der Waals surface area contributed by atoms with Crippen LogP contribution in [-0.4, -0.2) is 5.78 Å². The standard InChI is InChI=1S/C11H16O/c1-2-6-11(12)9-10-7-4-3-5-8-10/h2,9H,1,3-8H2. The highest BCUT2D eigenvalue weighted by Gasteiger charge is 2.06. The van der Waals surface area contributed by atoms with Crippen molar-refractivity contribution in [3.8, 4) is 0 Å². The van der Waals surface area contributed by atoms with Crippen LogP contribution in [-0.2, 0) is 4.79 Å². The highest BCUT2D eigenvalue weighted by Crippen LogP contribution is 2.22.